The lowest BCUT2D eigenvalue weighted by Crippen LogP contribution is -2.52. The van der Waals surface area contributed by atoms with Crippen LogP contribution in [0.3, 0.4) is 0 Å². The molecule has 3 fully saturated rings. The van der Waals surface area contributed by atoms with Gasteiger partial charge >= 0.3 is 11.8 Å². The number of likely N-dealkylation sites (tertiary alicyclic amines) is 3. The van der Waals surface area contributed by atoms with Crippen molar-refractivity contribution in [3.05, 3.63) is 79.8 Å². The van der Waals surface area contributed by atoms with Crippen molar-refractivity contribution < 1.29 is 23.1 Å². The molecule has 1 unspecified atom stereocenters. The number of carbonyl (C=O) groups is 2. The van der Waals surface area contributed by atoms with Crippen molar-refractivity contribution in [2.24, 2.45) is 0 Å². The van der Waals surface area contributed by atoms with Crippen LogP contribution >= 0.6 is 0 Å². The number of benzene rings is 2. The van der Waals surface area contributed by atoms with E-state index in [9.17, 15) is 23.6 Å². The number of oxazole rings is 1. The van der Waals surface area contributed by atoms with Gasteiger partial charge in [-0.15, -0.1) is 0 Å². The first-order chi connectivity index (χ1) is 23.2. The average Bonchev–Trinajstić information content (AvgIpc) is 3.49. The Morgan fingerprint density at radius 1 is 0.917 bits per heavy atom. The van der Waals surface area contributed by atoms with Crippen molar-refractivity contribution in [3.63, 3.8) is 0 Å². The first-order valence-electron chi connectivity index (χ1n) is 17.2. The number of aromatic nitrogens is 2. The summed E-state index contributed by atoms with van der Waals surface area (Å²) in [6.07, 6.45) is 5.07. The van der Waals surface area contributed by atoms with Crippen LogP contribution in [0.1, 0.15) is 67.6 Å². The summed E-state index contributed by atoms with van der Waals surface area (Å²) >= 11 is 0. The number of fused-ring (bicyclic) bond motifs is 2. The van der Waals surface area contributed by atoms with Crippen LogP contribution in [-0.2, 0) is 16.0 Å². The Balaban J connectivity index is 1.05. The Kier molecular flexibility index (Phi) is 9.09. The number of halogens is 1. The number of nitrogens with one attached hydrogen (secondary N) is 2. The predicted octanol–water partition coefficient (Wildman–Crippen LogP) is 4.81. The molecule has 3 aliphatic rings. The lowest BCUT2D eigenvalue weighted by atomic mass is 9.89. The predicted molar refractivity (Wildman–Crippen MR) is 179 cm³/mol. The van der Waals surface area contributed by atoms with Crippen LogP contribution in [0.2, 0.25) is 0 Å². The van der Waals surface area contributed by atoms with Gasteiger partial charge in [0, 0.05) is 49.6 Å². The zero-order valence-corrected chi connectivity index (χ0v) is 27.3. The van der Waals surface area contributed by atoms with Crippen molar-refractivity contribution in [2.45, 2.75) is 76.4 Å². The van der Waals surface area contributed by atoms with E-state index in [0.29, 0.717) is 67.1 Å². The largest absolute Gasteiger partial charge is 0.436 e. The summed E-state index contributed by atoms with van der Waals surface area (Å²) in [6.45, 7) is 5.99. The molecule has 1 atom stereocenters. The number of hydrogen-bond donors (Lipinski definition) is 2. The van der Waals surface area contributed by atoms with E-state index in [1.807, 2.05) is 17.9 Å². The van der Waals surface area contributed by atoms with Gasteiger partial charge in [-0.05, 0) is 93.8 Å². The number of pyridine rings is 1. The second-order valence-electron chi connectivity index (χ2n) is 13.5. The molecule has 2 aromatic carbocycles. The second-order valence-corrected chi connectivity index (χ2v) is 13.5. The molecule has 4 aromatic rings. The Bertz CT molecular complexity index is 1930. The van der Waals surface area contributed by atoms with Crippen molar-refractivity contribution in [1.29, 1.82) is 0 Å². The molecule has 48 heavy (non-hydrogen) atoms. The van der Waals surface area contributed by atoms with Crippen molar-refractivity contribution in [1.82, 2.24) is 24.7 Å². The van der Waals surface area contributed by atoms with Gasteiger partial charge in [-0.25, -0.2) is 14.0 Å². The monoisotopic (exact) mass is 659 g/mol. The summed E-state index contributed by atoms with van der Waals surface area (Å²) in [5.74, 6) is -1.35. The molecule has 7 rings (SSSR count). The van der Waals surface area contributed by atoms with Gasteiger partial charge in [0.05, 0.1) is 11.0 Å². The normalized spacial score (nSPS) is 19.2. The minimum absolute atomic E-state index is 0.102. The number of carbonyl (C=O) groups excluding carboxylic acids is 2. The third-order valence-corrected chi connectivity index (χ3v) is 10.5. The van der Waals surface area contributed by atoms with Crippen molar-refractivity contribution >= 4 is 34.0 Å². The number of nitrogens with zero attached hydrogens (tertiary/aromatic N) is 3. The summed E-state index contributed by atoms with van der Waals surface area (Å²) in [4.78, 5) is 63.7. The Labute approximate surface area is 277 Å². The molecule has 5 heterocycles. The number of amides is 2. The maximum atomic E-state index is 14.2. The standard InChI is InChI=1S/C36H42FN5O6/c1-22-18-23(19-29-31(22)39-35(45)47-29)20-30(34(44)41-16-10-26(11-17-41)40-12-3-2-4-13-40)48-36(46)42-14-8-24(9-15-42)27-21-25-6-5-7-28(37)32(25)38-33(27)43/h5-7,18-19,21,24,26,30H,2-4,8-17,20H2,1H3,(H,38,43)(H,39,45). The lowest BCUT2D eigenvalue weighted by Gasteiger charge is -2.41. The van der Waals surface area contributed by atoms with E-state index in [4.69, 9.17) is 9.15 Å². The summed E-state index contributed by atoms with van der Waals surface area (Å²) in [6, 6.07) is 10.5. The van der Waals surface area contributed by atoms with E-state index in [1.54, 1.807) is 29.2 Å². The topological polar surface area (TPSA) is 132 Å². The number of H-pyrrole nitrogens is 2. The molecule has 3 aliphatic heterocycles. The van der Waals surface area contributed by atoms with E-state index < -0.39 is 23.8 Å². The first-order valence-corrected chi connectivity index (χ1v) is 17.2. The molecule has 2 aromatic heterocycles. The first kappa shape index (κ1) is 32.1. The molecule has 254 valence electrons. The fourth-order valence-corrected chi connectivity index (χ4v) is 7.83. The minimum Gasteiger partial charge on any atom is -0.436 e. The van der Waals surface area contributed by atoms with Gasteiger partial charge in [0.2, 0.25) is 0 Å². The molecule has 2 amide bonds. The molecule has 3 saturated heterocycles. The highest BCUT2D eigenvalue weighted by Crippen LogP contribution is 2.29. The van der Waals surface area contributed by atoms with Crippen molar-refractivity contribution in [2.75, 3.05) is 39.3 Å². The highest BCUT2D eigenvalue weighted by molar-refractivity contribution is 5.85. The van der Waals surface area contributed by atoms with Gasteiger partial charge < -0.3 is 28.8 Å². The number of ether oxygens (including phenoxy) is 1. The Hall–Kier alpha value is -4.45. The fraction of sp³-hybridized carbons (Fsp3) is 0.500. The Morgan fingerprint density at radius 2 is 1.65 bits per heavy atom. The van der Waals surface area contributed by atoms with Crippen LogP contribution in [0.25, 0.3) is 22.0 Å². The molecule has 0 aliphatic carbocycles. The maximum Gasteiger partial charge on any atom is 0.417 e. The third kappa shape index (κ3) is 6.63. The fourth-order valence-electron chi connectivity index (χ4n) is 7.83. The van der Waals surface area contributed by atoms with E-state index in [1.165, 1.54) is 25.3 Å². The lowest BCUT2D eigenvalue weighted by molar-refractivity contribution is -0.142. The molecule has 12 heteroatoms. The van der Waals surface area contributed by atoms with E-state index in [2.05, 4.69) is 14.9 Å². The zero-order valence-electron chi connectivity index (χ0n) is 27.3. The van der Waals surface area contributed by atoms with Crippen LogP contribution in [-0.4, -0.2) is 88.1 Å². The summed E-state index contributed by atoms with van der Waals surface area (Å²) in [5.41, 5.74) is 2.94. The van der Waals surface area contributed by atoms with Crippen LogP contribution in [0.5, 0.6) is 0 Å². The molecular weight excluding hydrogens is 617 g/mol. The minimum atomic E-state index is -1.05. The van der Waals surface area contributed by atoms with Crippen LogP contribution < -0.4 is 11.3 Å². The zero-order chi connectivity index (χ0) is 33.4. The highest BCUT2D eigenvalue weighted by atomic mass is 19.1. The second kappa shape index (κ2) is 13.6. The molecule has 2 N–H and O–H groups in total. The van der Waals surface area contributed by atoms with E-state index in [-0.39, 0.29) is 29.3 Å². The van der Waals surface area contributed by atoms with Gasteiger partial charge in [-0.2, -0.15) is 0 Å². The van der Waals surface area contributed by atoms with Crippen LogP contribution in [0.15, 0.2) is 50.4 Å². The van der Waals surface area contributed by atoms with Gasteiger partial charge in [0.15, 0.2) is 11.7 Å². The van der Waals surface area contributed by atoms with E-state index in [0.717, 1.165) is 37.1 Å². The smallest absolute Gasteiger partial charge is 0.417 e. The SMILES string of the molecule is Cc1cc(CC(OC(=O)N2CCC(c3cc4cccc(F)c4[nH]c3=O)CC2)C(=O)N2CCC(N3CCCCC3)CC2)cc2oc(=O)[nH]c12. The number of hydrogen-bond acceptors (Lipinski definition) is 7. The number of rotatable bonds is 6. The summed E-state index contributed by atoms with van der Waals surface area (Å²) in [7, 11) is 0. The third-order valence-electron chi connectivity index (χ3n) is 10.5. The molecule has 0 saturated carbocycles. The Morgan fingerprint density at radius 3 is 2.40 bits per heavy atom. The van der Waals surface area contributed by atoms with Gasteiger partial charge in [0.25, 0.3) is 11.5 Å². The highest BCUT2D eigenvalue weighted by Gasteiger charge is 2.35. The molecule has 11 nitrogen and oxygen atoms in total. The average molecular weight is 660 g/mol. The summed E-state index contributed by atoms with van der Waals surface area (Å²) in [5, 5.41) is 0.625. The molecular formula is C36H42FN5O6. The van der Waals surface area contributed by atoms with E-state index >= 15 is 0 Å². The maximum absolute atomic E-state index is 14.2. The van der Waals surface area contributed by atoms with Gasteiger partial charge in [-0.1, -0.05) is 24.6 Å². The van der Waals surface area contributed by atoms with Gasteiger partial charge in [0.1, 0.15) is 5.82 Å². The number of aryl methyl sites for hydroxylation is 1. The van der Waals surface area contributed by atoms with Gasteiger partial charge in [-0.3, -0.25) is 14.6 Å². The van der Waals surface area contributed by atoms with Crippen LogP contribution in [0.4, 0.5) is 9.18 Å². The summed E-state index contributed by atoms with van der Waals surface area (Å²) < 4.78 is 25.5. The number of piperidine rings is 3. The number of aromatic amines is 2. The number of para-hydroxylation sites is 1. The molecule has 0 bridgehead atoms. The molecule has 0 radical (unpaired) electrons. The molecule has 0 spiro atoms. The quantitative estimate of drug-likeness (QED) is 0.304. The van der Waals surface area contributed by atoms with Crippen LogP contribution in [0, 0.1) is 12.7 Å². The van der Waals surface area contributed by atoms with Crippen molar-refractivity contribution in [3.8, 4) is 0 Å².